The Morgan fingerprint density at radius 3 is 2.95 bits per heavy atom. The fourth-order valence-electron chi connectivity index (χ4n) is 2.85. The summed E-state index contributed by atoms with van der Waals surface area (Å²) in [7, 11) is 0. The first-order valence-corrected chi connectivity index (χ1v) is 7.77. The van der Waals surface area contributed by atoms with E-state index in [-0.39, 0.29) is 11.6 Å². The van der Waals surface area contributed by atoms with Gasteiger partial charge in [0, 0.05) is 30.9 Å². The molecule has 3 heterocycles. The molecule has 3 rings (SSSR count). The average molecular weight is 299 g/mol. The molecule has 0 saturated carbocycles. The minimum absolute atomic E-state index is 0.0556. The van der Waals surface area contributed by atoms with Gasteiger partial charge in [0.1, 0.15) is 11.6 Å². The van der Waals surface area contributed by atoms with Gasteiger partial charge in [-0.1, -0.05) is 13.8 Å². The van der Waals surface area contributed by atoms with Gasteiger partial charge in [0.2, 0.25) is 0 Å². The Morgan fingerprint density at radius 2 is 2.18 bits per heavy atom. The molecule has 2 aromatic heterocycles. The normalized spacial score (nSPS) is 18.1. The van der Waals surface area contributed by atoms with Crippen LogP contribution in [0.4, 0.5) is 5.82 Å². The Bertz CT molecular complexity index is 697. The Morgan fingerprint density at radius 1 is 1.32 bits per heavy atom. The van der Waals surface area contributed by atoms with E-state index in [1.165, 1.54) is 4.68 Å². The molecule has 22 heavy (non-hydrogen) atoms. The molecule has 0 N–H and O–H groups in total. The summed E-state index contributed by atoms with van der Waals surface area (Å²) in [4.78, 5) is 23.1. The van der Waals surface area contributed by atoms with Crippen LogP contribution in [0.3, 0.4) is 0 Å². The van der Waals surface area contributed by atoms with Crippen LogP contribution in [0.5, 0.6) is 0 Å². The molecule has 1 unspecified atom stereocenters. The first-order chi connectivity index (χ1) is 10.6. The SMILES string of the molecule is CC(C)c1nccc(N2CCCC2Cn2ncccc2=O)n1. The Labute approximate surface area is 129 Å². The van der Waals surface area contributed by atoms with Crippen molar-refractivity contribution in [1.29, 1.82) is 0 Å². The van der Waals surface area contributed by atoms with Crippen LogP contribution in [0.2, 0.25) is 0 Å². The molecular formula is C16H21N5O. The molecular weight excluding hydrogens is 278 g/mol. The van der Waals surface area contributed by atoms with E-state index in [1.54, 1.807) is 18.3 Å². The van der Waals surface area contributed by atoms with Gasteiger partial charge in [0.15, 0.2) is 0 Å². The maximum absolute atomic E-state index is 11.8. The summed E-state index contributed by atoms with van der Waals surface area (Å²) >= 11 is 0. The molecule has 0 radical (unpaired) electrons. The lowest BCUT2D eigenvalue weighted by atomic mass is 10.2. The molecule has 1 aliphatic rings. The van der Waals surface area contributed by atoms with Crippen molar-refractivity contribution >= 4 is 5.82 Å². The van der Waals surface area contributed by atoms with E-state index < -0.39 is 0 Å². The van der Waals surface area contributed by atoms with Gasteiger partial charge in [-0.3, -0.25) is 4.79 Å². The van der Waals surface area contributed by atoms with Gasteiger partial charge >= 0.3 is 0 Å². The average Bonchev–Trinajstić information content (AvgIpc) is 2.98. The monoisotopic (exact) mass is 299 g/mol. The Balaban J connectivity index is 1.83. The van der Waals surface area contributed by atoms with Gasteiger partial charge in [-0.25, -0.2) is 14.6 Å². The van der Waals surface area contributed by atoms with Crippen LogP contribution in [0.15, 0.2) is 35.4 Å². The molecule has 1 atom stereocenters. The zero-order valence-corrected chi connectivity index (χ0v) is 13.0. The van der Waals surface area contributed by atoms with Crippen molar-refractivity contribution in [1.82, 2.24) is 19.7 Å². The number of aromatic nitrogens is 4. The van der Waals surface area contributed by atoms with Crippen molar-refractivity contribution < 1.29 is 0 Å². The van der Waals surface area contributed by atoms with Crippen LogP contribution in [-0.2, 0) is 6.54 Å². The Hall–Kier alpha value is -2.24. The minimum Gasteiger partial charge on any atom is -0.352 e. The number of rotatable bonds is 4. The van der Waals surface area contributed by atoms with Gasteiger partial charge in [-0.15, -0.1) is 0 Å². The second-order valence-electron chi connectivity index (χ2n) is 5.96. The van der Waals surface area contributed by atoms with Gasteiger partial charge in [-0.2, -0.15) is 5.10 Å². The summed E-state index contributed by atoms with van der Waals surface area (Å²) in [5.74, 6) is 2.11. The maximum Gasteiger partial charge on any atom is 0.266 e. The minimum atomic E-state index is -0.0556. The van der Waals surface area contributed by atoms with Gasteiger partial charge in [0.25, 0.3) is 5.56 Å². The van der Waals surface area contributed by atoms with Crippen molar-refractivity contribution in [2.45, 2.75) is 45.2 Å². The summed E-state index contributed by atoms with van der Waals surface area (Å²) in [6.07, 6.45) is 5.62. The smallest absolute Gasteiger partial charge is 0.266 e. The summed E-state index contributed by atoms with van der Waals surface area (Å²) in [6.45, 7) is 5.74. The highest BCUT2D eigenvalue weighted by Crippen LogP contribution is 2.25. The molecule has 116 valence electrons. The Kier molecular flexibility index (Phi) is 4.18. The molecule has 2 aromatic rings. The molecule has 0 aromatic carbocycles. The maximum atomic E-state index is 11.8. The van der Waals surface area contributed by atoms with E-state index in [0.717, 1.165) is 31.0 Å². The topological polar surface area (TPSA) is 63.9 Å². The third kappa shape index (κ3) is 3.00. The third-order valence-electron chi connectivity index (χ3n) is 4.02. The van der Waals surface area contributed by atoms with Crippen molar-refractivity contribution in [3.05, 3.63) is 46.8 Å². The van der Waals surface area contributed by atoms with E-state index in [9.17, 15) is 4.79 Å². The fraction of sp³-hybridized carbons (Fsp3) is 0.500. The summed E-state index contributed by atoms with van der Waals surface area (Å²) in [5.41, 5.74) is -0.0556. The third-order valence-corrected chi connectivity index (χ3v) is 4.02. The largest absolute Gasteiger partial charge is 0.352 e. The van der Waals surface area contributed by atoms with Gasteiger partial charge in [0.05, 0.1) is 12.6 Å². The number of hydrogen-bond acceptors (Lipinski definition) is 5. The summed E-state index contributed by atoms with van der Waals surface area (Å²) in [5, 5.41) is 4.16. The van der Waals surface area contributed by atoms with E-state index in [4.69, 9.17) is 0 Å². The van der Waals surface area contributed by atoms with E-state index in [0.29, 0.717) is 12.5 Å². The molecule has 0 bridgehead atoms. The molecule has 6 heteroatoms. The molecule has 1 aliphatic heterocycles. The van der Waals surface area contributed by atoms with Crippen molar-refractivity contribution in [3.8, 4) is 0 Å². The van der Waals surface area contributed by atoms with Crippen molar-refractivity contribution in [3.63, 3.8) is 0 Å². The highest BCUT2D eigenvalue weighted by atomic mass is 16.1. The van der Waals surface area contributed by atoms with Crippen LogP contribution in [0.1, 0.15) is 38.4 Å². The van der Waals surface area contributed by atoms with Crippen LogP contribution in [0.25, 0.3) is 0 Å². The van der Waals surface area contributed by atoms with Gasteiger partial charge in [-0.05, 0) is 25.0 Å². The lowest BCUT2D eigenvalue weighted by Gasteiger charge is -2.26. The summed E-state index contributed by atoms with van der Waals surface area (Å²) < 4.78 is 1.54. The molecule has 1 saturated heterocycles. The molecule has 1 fully saturated rings. The zero-order valence-electron chi connectivity index (χ0n) is 13.0. The predicted octanol–water partition coefficient (Wildman–Crippen LogP) is 1.83. The van der Waals surface area contributed by atoms with Crippen LogP contribution in [-0.4, -0.2) is 32.3 Å². The zero-order chi connectivity index (χ0) is 15.5. The highest BCUT2D eigenvalue weighted by Gasteiger charge is 2.27. The molecule has 0 spiro atoms. The second kappa shape index (κ2) is 6.25. The molecule has 6 nitrogen and oxygen atoms in total. The predicted molar refractivity (Wildman–Crippen MR) is 85.0 cm³/mol. The first kappa shape index (κ1) is 14.7. The highest BCUT2D eigenvalue weighted by molar-refractivity contribution is 5.40. The van der Waals surface area contributed by atoms with Crippen LogP contribution < -0.4 is 10.5 Å². The molecule has 0 amide bonds. The van der Waals surface area contributed by atoms with Crippen LogP contribution in [0, 0.1) is 0 Å². The van der Waals surface area contributed by atoms with Crippen molar-refractivity contribution in [2.75, 3.05) is 11.4 Å². The number of anilines is 1. The lowest BCUT2D eigenvalue weighted by molar-refractivity contribution is 0.486. The second-order valence-corrected chi connectivity index (χ2v) is 5.96. The fourth-order valence-corrected chi connectivity index (χ4v) is 2.85. The number of nitrogens with zero attached hydrogens (tertiary/aromatic N) is 5. The van der Waals surface area contributed by atoms with E-state index >= 15 is 0 Å². The first-order valence-electron chi connectivity index (χ1n) is 7.77. The molecule has 0 aliphatic carbocycles. The quantitative estimate of drug-likeness (QED) is 0.861. The lowest BCUT2D eigenvalue weighted by Crippen LogP contribution is -2.37. The van der Waals surface area contributed by atoms with Gasteiger partial charge < -0.3 is 4.90 Å². The standard InChI is InChI=1S/C16H21N5O/c1-12(2)16-17-9-7-14(19-16)20-10-4-5-13(20)11-21-15(22)6-3-8-18-21/h3,6-9,12-13H,4-5,10-11H2,1-2H3. The van der Waals surface area contributed by atoms with E-state index in [2.05, 4.69) is 33.8 Å². The van der Waals surface area contributed by atoms with Crippen LogP contribution >= 0.6 is 0 Å². The summed E-state index contributed by atoms with van der Waals surface area (Å²) in [6, 6.07) is 5.42. The number of hydrogen-bond donors (Lipinski definition) is 0. The van der Waals surface area contributed by atoms with E-state index in [1.807, 2.05) is 12.3 Å². The van der Waals surface area contributed by atoms with Crippen molar-refractivity contribution in [2.24, 2.45) is 0 Å².